The van der Waals surface area contributed by atoms with Crippen LogP contribution in [0.15, 0.2) is 0 Å². The van der Waals surface area contributed by atoms with Crippen LogP contribution in [0.2, 0.25) is 0 Å². The van der Waals surface area contributed by atoms with Gasteiger partial charge in [0.25, 0.3) is 0 Å². The topological polar surface area (TPSA) is 104 Å². The molecule has 2 atom stereocenters. The van der Waals surface area contributed by atoms with Gasteiger partial charge in [-0.2, -0.15) is 95.9 Å². The standard InChI is InChI=1S/C21H28F18O7S4/c1-12(2,3)47(7,45-49(41,42)20(36,37)16(26,27)14(22,23)18(30,31)32)9-11(40)10-48(8,13(4,5)6)46-50(43,44)21(38,39)17(28,29)15(24,25)19(33,34)35/h9-10H2,1-8H3. The third kappa shape index (κ3) is 8.05. The van der Waals surface area contributed by atoms with E-state index >= 15 is 0 Å². The summed E-state index contributed by atoms with van der Waals surface area (Å²) in [5.41, 5.74) is 0. The van der Waals surface area contributed by atoms with Crippen molar-refractivity contribution < 1.29 is 108 Å². The number of hydrogen-bond donors (Lipinski definition) is 0. The van der Waals surface area contributed by atoms with Gasteiger partial charge in [0.1, 0.15) is 0 Å². The molecule has 2 unspecified atom stereocenters. The van der Waals surface area contributed by atoms with E-state index in [0.29, 0.717) is 12.5 Å². The second-order valence-corrected chi connectivity index (χ2v) is 23.4. The molecule has 29 heteroatoms. The molecule has 0 aliphatic rings. The van der Waals surface area contributed by atoms with Gasteiger partial charge in [-0.1, -0.05) is 41.5 Å². The first-order valence-corrected chi connectivity index (χ1v) is 19.4. The van der Waals surface area contributed by atoms with E-state index < -0.39 is 114 Å². The highest BCUT2D eigenvalue weighted by Crippen LogP contribution is 2.65. The van der Waals surface area contributed by atoms with Gasteiger partial charge in [-0.3, -0.25) is 4.79 Å². The van der Waals surface area contributed by atoms with E-state index in [0.717, 1.165) is 41.5 Å². The number of carbonyl (C=O) groups is 1. The monoisotopic (exact) mass is 862 g/mol. The van der Waals surface area contributed by atoms with Gasteiger partial charge in [-0.05, 0) is 12.5 Å². The van der Waals surface area contributed by atoms with Crippen LogP contribution in [0, 0.1) is 0 Å². The summed E-state index contributed by atoms with van der Waals surface area (Å²) in [6, 6.07) is 0. The molecule has 0 N–H and O–H groups in total. The quantitative estimate of drug-likeness (QED) is 0.162. The Balaban J connectivity index is 7.03. The van der Waals surface area contributed by atoms with Crippen molar-refractivity contribution >= 4 is 46.6 Å². The summed E-state index contributed by atoms with van der Waals surface area (Å²) in [5.74, 6) is -36.3. The molecule has 7 nitrogen and oxygen atoms in total. The maximum absolute atomic E-state index is 14.4. The molecule has 50 heavy (non-hydrogen) atoms. The molecule has 0 aliphatic carbocycles. The molecule has 0 aromatic rings. The second kappa shape index (κ2) is 13.1. The molecule has 0 amide bonds. The van der Waals surface area contributed by atoms with Crippen molar-refractivity contribution in [3.63, 3.8) is 0 Å². The van der Waals surface area contributed by atoms with E-state index in [1.54, 1.807) is 0 Å². The van der Waals surface area contributed by atoms with E-state index in [2.05, 4.69) is 7.26 Å². The largest absolute Gasteiger partial charge is 0.460 e. The Labute approximate surface area is 276 Å². The van der Waals surface area contributed by atoms with Crippen LogP contribution in [0.4, 0.5) is 79.0 Å². The molecule has 0 rings (SSSR count). The van der Waals surface area contributed by atoms with Gasteiger partial charge in [0.2, 0.25) is 0 Å². The smallest absolute Gasteiger partial charge is 0.298 e. The second-order valence-electron chi connectivity index (χ2n) is 12.4. The zero-order valence-corrected chi connectivity index (χ0v) is 29.5. The van der Waals surface area contributed by atoms with E-state index in [-0.39, 0.29) is 0 Å². The first-order valence-electron chi connectivity index (χ1n) is 12.4. The molecule has 0 aromatic carbocycles. The lowest BCUT2D eigenvalue weighted by Crippen LogP contribution is -2.63. The van der Waals surface area contributed by atoms with E-state index in [1.165, 1.54) is 0 Å². The highest BCUT2D eigenvalue weighted by atomic mass is 32.3. The fourth-order valence-corrected chi connectivity index (χ4v) is 12.0. The Bertz CT molecular complexity index is 1380. The van der Waals surface area contributed by atoms with E-state index in [4.69, 9.17) is 0 Å². The molecular formula is C21H28F18O7S4. The third-order valence-electron chi connectivity index (χ3n) is 6.80. The Morgan fingerprint density at radius 1 is 0.440 bits per heavy atom. The number of Topliss-reactive ketones (excluding diaryl/α,β-unsaturated/α-hetero) is 1. The number of alkyl halides is 18. The van der Waals surface area contributed by atoms with Gasteiger partial charge in [0.15, 0.2) is 5.78 Å². The highest BCUT2D eigenvalue weighted by Gasteiger charge is 2.87. The zero-order valence-electron chi connectivity index (χ0n) is 26.2. The van der Waals surface area contributed by atoms with Gasteiger partial charge in [-0.25, -0.2) is 7.26 Å². The van der Waals surface area contributed by atoms with Crippen LogP contribution in [-0.4, -0.2) is 103 Å². The molecule has 0 spiro atoms. The van der Waals surface area contributed by atoms with Gasteiger partial charge >= 0.3 is 66.8 Å². The van der Waals surface area contributed by atoms with Crippen LogP contribution in [0.25, 0.3) is 0 Å². The fourth-order valence-electron chi connectivity index (χ4n) is 2.86. The maximum Gasteiger partial charge on any atom is 0.460 e. The van der Waals surface area contributed by atoms with Crippen LogP contribution >= 0.6 is 20.6 Å². The molecule has 0 fully saturated rings. The summed E-state index contributed by atoms with van der Waals surface area (Å²) in [6.45, 7) is 4.79. The van der Waals surface area contributed by atoms with Crippen molar-refractivity contribution in [2.75, 3.05) is 24.0 Å². The molecular weight excluding hydrogens is 834 g/mol. The molecule has 0 bridgehead atoms. The summed E-state index contributed by atoms with van der Waals surface area (Å²) in [6.07, 6.45) is -14.2. The van der Waals surface area contributed by atoms with Crippen molar-refractivity contribution in [1.29, 1.82) is 0 Å². The Morgan fingerprint density at radius 3 is 0.800 bits per heavy atom. The van der Waals surface area contributed by atoms with Crippen LogP contribution in [0.5, 0.6) is 0 Å². The van der Waals surface area contributed by atoms with Gasteiger partial charge < -0.3 is 0 Å². The van der Waals surface area contributed by atoms with Crippen molar-refractivity contribution in [1.82, 2.24) is 0 Å². The Morgan fingerprint density at radius 2 is 0.640 bits per heavy atom. The van der Waals surface area contributed by atoms with E-state index in [9.17, 15) is 101 Å². The predicted octanol–water partition coefficient (Wildman–Crippen LogP) is 8.40. The van der Waals surface area contributed by atoms with Crippen molar-refractivity contribution in [2.45, 2.75) is 97.6 Å². The number of hydrogen-bond acceptors (Lipinski definition) is 7. The normalized spacial score (nSPS) is 19.7. The average Bonchev–Trinajstić information content (AvgIpc) is 2.79. The number of carbonyl (C=O) groups excluding carboxylic acids is 1. The predicted molar refractivity (Wildman–Crippen MR) is 143 cm³/mol. The van der Waals surface area contributed by atoms with Crippen molar-refractivity contribution in [3.8, 4) is 0 Å². The molecule has 0 aliphatic heterocycles. The maximum atomic E-state index is 14.4. The molecule has 0 saturated heterocycles. The zero-order chi connectivity index (χ0) is 41.4. The molecule has 0 aromatic heterocycles. The van der Waals surface area contributed by atoms with Crippen LogP contribution < -0.4 is 0 Å². The SMILES string of the molecule is CC(C)(C)S(C)(CC(=O)CS(C)(OS(=O)(=O)C(F)(F)C(F)(F)C(F)(F)C(F)(F)F)C(C)(C)C)OS(=O)(=O)C(F)(F)C(F)(F)C(F)(F)C(F)(F)F. The van der Waals surface area contributed by atoms with Crippen molar-refractivity contribution in [2.24, 2.45) is 0 Å². The molecule has 0 heterocycles. The van der Waals surface area contributed by atoms with E-state index in [1.807, 2.05) is 0 Å². The summed E-state index contributed by atoms with van der Waals surface area (Å²) in [4.78, 5) is 13.1. The van der Waals surface area contributed by atoms with Gasteiger partial charge in [0, 0.05) is 9.49 Å². The minimum absolute atomic E-state index is 0.369. The van der Waals surface area contributed by atoms with Crippen LogP contribution in [0.3, 0.4) is 0 Å². The minimum atomic E-state index is -7.79. The highest BCUT2D eigenvalue weighted by molar-refractivity contribution is 8.35. The molecule has 0 radical (unpaired) electrons. The number of rotatable bonds is 14. The lowest BCUT2D eigenvalue weighted by molar-refractivity contribution is -0.382. The van der Waals surface area contributed by atoms with Crippen LogP contribution in [0.1, 0.15) is 41.5 Å². The Hall–Kier alpha value is -1.07. The summed E-state index contributed by atoms with van der Waals surface area (Å²) >= 11 is 0. The number of halogens is 18. The first kappa shape index (κ1) is 48.9. The summed E-state index contributed by atoms with van der Waals surface area (Å²) in [7, 11) is -24.2. The van der Waals surface area contributed by atoms with Gasteiger partial charge in [-0.15, -0.1) is 20.6 Å². The molecule has 0 saturated carbocycles. The third-order valence-corrected chi connectivity index (χ3v) is 19.3. The fraction of sp³-hybridized carbons (Fsp3) is 0.952. The van der Waals surface area contributed by atoms with Crippen molar-refractivity contribution in [3.05, 3.63) is 0 Å². The Kier molecular flexibility index (Phi) is 12.8. The van der Waals surface area contributed by atoms with Crippen LogP contribution in [-0.2, 0) is 32.3 Å². The summed E-state index contributed by atoms with van der Waals surface area (Å²) < 4.78 is 295. The minimum Gasteiger partial charge on any atom is -0.298 e. The lowest BCUT2D eigenvalue weighted by Gasteiger charge is -2.48. The number of ketones is 1. The lowest BCUT2D eigenvalue weighted by atomic mass is 10.1. The molecule has 304 valence electrons. The summed E-state index contributed by atoms with van der Waals surface area (Å²) in [5, 5.41) is -14.8. The van der Waals surface area contributed by atoms with Gasteiger partial charge in [0.05, 0.1) is 11.5 Å². The average molecular weight is 863 g/mol. The first-order chi connectivity index (χ1) is 21.0.